The van der Waals surface area contributed by atoms with Crippen LogP contribution in [0.2, 0.25) is 0 Å². The number of hydrogen-bond donors (Lipinski definition) is 0. The quantitative estimate of drug-likeness (QED) is 0.531. The van der Waals surface area contributed by atoms with Crippen molar-refractivity contribution in [1.82, 2.24) is 9.88 Å². The highest BCUT2D eigenvalue weighted by Crippen LogP contribution is 2.60. The number of carbonyl (C=O) groups excluding carboxylic acids is 1. The van der Waals surface area contributed by atoms with Crippen molar-refractivity contribution in [3.05, 3.63) is 54.2 Å². The minimum atomic E-state index is -0.145. The van der Waals surface area contributed by atoms with Gasteiger partial charge in [0.25, 0.3) is 0 Å². The van der Waals surface area contributed by atoms with Gasteiger partial charge in [0.05, 0.1) is 12.5 Å². The maximum atomic E-state index is 14.3. The Balaban J connectivity index is 1.19. The summed E-state index contributed by atoms with van der Waals surface area (Å²) in [6.45, 7) is 3.71. The molecular formula is C30H39N3O2. The van der Waals surface area contributed by atoms with E-state index in [9.17, 15) is 4.79 Å². The van der Waals surface area contributed by atoms with Crippen molar-refractivity contribution >= 4 is 11.7 Å². The van der Waals surface area contributed by atoms with Gasteiger partial charge in [-0.1, -0.05) is 24.3 Å². The van der Waals surface area contributed by atoms with Crippen molar-refractivity contribution in [2.24, 2.45) is 23.2 Å². The van der Waals surface area contributed by atoms with Crippen LogP contribution in [0.3, 0.4) is 0 Å². The molecule has 1 aliphatic heterocycles. The van der Waals surface area contributed by atoms with Crippen LogP contribution < -0.4 is 9.64 Å². The van der Waals surface area contributed by atoms with E-state index >= 15 is 0 Å². The molecule has 4 aliphatic carbocycles. The monoisotopic (exact) mass is 473 g/mol. The molecule has 0 N–H and O–H groups in total. The lowest BCUT2D eigenvalue weighted by molar-refractivity contribution is -0.143. The molecule has 2 aromatic rings. The summed E-state index contributed by atoms with van der Waals surface area (Å²) in [5.74, 6) is 4.94. The lowest BCUT2D eigenvalue weighted by Crippen LogP contribution is -2.56. The van der Waals surface area contributed by atoms with Crippen LogP contribution in [-0.4, -0.2) is 49.1 Å². The zero-order valence-electron chi connectivity index (χ0n) is 21.1. The maximum absolute atomic E-state index is 14.3. The third-order valence-electron chi connectivity index (χ3n) is 9.39. The van der Waals surface area contributed by atoms with Crippen LogP contribution in [-0.2, 0) is 4.79 Å². The summed E-state index contributed by atoms with van der Waals surface area (Å²) in [4.78, 5) is 23.5. The molecule has 35 heavy (non-hydrogen) atoms. The van der Waals surface area contributed by atoms with Crippen molar-refractivity contribution in [3.63, 3.8) is 0 Å². The van der Waals surface area contributed by atoms with Crippen LogP contribution in [0, 0.1) is 23.2 Å². The van der Waals surface area contributed by atoms with Gasteiger partial charge < -0.3 is 9.64 Å². The molecule has 5 nitrogen and oxygen atoms in total. The van der Waals surface area contributed by atoms with Crippen LogP contribution in [0.1, 0.15) is 62.8 Å². The Bertz CT molecular complexity index is 1000. The molecule has 1 saturated heterocycles. The summed E-state index contributed by atoms with van der Waals surface area (Å²) in [5, 5.41) is 0. The van der Waals surface area contributed by atoms with Gasteiger partial charge in [0.15, 0.2) is 0 Å². The number of benzene rings is 1. The first-order valence-corrected chi connectivity index (χ1v) is 13.7. The summed E-state index contributed by atoms with van der Waals surface area (Å²) >= 11 is 0. The predicted molar refractivity (Wildman–Crippen MR) is 139 cm³/mol. The molecule has 186 valence electrons. The minimum Gasteiger partial charge on any atom is -0.496 e. The van der Waals surface area contributed by atoms with Crippen molar-refractivity contribution in [3.8, 4) is 5.75 Å². The Hall–Kier alpha value is -2.40. The van der Waals surface area contributed by atoms with Gasteiger partial charge in [-0.2, -0.15) is 0 Å². The fourth-order valence-electron chi connectivity index (χ4n) is 8.25. The lowest BCUT2D eigenvalue weighted by Gasteiger charge is -2.56. The number of methoxy groups -OCH3 is 1. The average Bonchev–Trinajstić information content (AvgIpc) is 2.89. The van der Waals surface area contributed by atoms with Crippen LogP contribution in [0.15, 0.2) is 48.7 Å². The minimum absolute atomic E-state index is 0.145. The topological polar surface area (TPSA) is 45.7 Å². The first-order valence-electron chi connectivity index (χ1n) is 13.7. The third kappa shape index (κ3) is 4.48. The summed E-state index contributed by atoms with van der Waals surface area (Å²) in [7, 11) is 1.76. The Morgan fingerprint density at radius 3 is 2.46 bits per heavy atom. The Morgan fingerprint density at radius 1 is 1.06 bits per heavy atom. The molecule has 1 aromatic heterocycles. The van der Waals surface area contributed by atoms with E-state index in [0.717, 1.165) is 74.8 Å². The summed E-state index contributed by atoms with van der Waals surface area (Å²) < 4.78 is 5.66. The van der Waals surface area contributed by atoms with Crippen molar-refractivity contribution in [2.45, 2.75) is 57.3 Å². The van der Waals surface area contributed by atoms with E-state index in [1.54, 1.807) is 7.11 Å². The van der Waals surface area contributed by atoms with Crippen LogP contribution >= 0.6 is 0 Å². The smallest absolute Gasteiger partial charge is 0.234 e. The first kappa shape index (κ1) is 23.0. The number of para-hydroxylation sites is 1. The normalized spacial score (nSPS) is 31.9. The van der Waals surface area contributed by atoms with Crippen LogP contribution in [0.5, 0.6) is 5.75 Å². The first-order chi connectivity index (χ1) is 17.1. The lowest BCUT2D eigenvalue weighted by atomic mass is 9.49. The van der Waals surface area contributed by atoms with Gasteiger partial charge in [0.2, 0.25) is 5.91 Å². The molecule has 1 atom stereocenters. The highest BCUT2D eigenvalue weighted by molar-refractivity contribution is 5.97. The molecule has 0 radical (unpaired) electrons. The van der Waals surface area contributed by atoms with E-state index in [-0.39, 0.29) is 5.41 Å². The third-order valence-corrected chi connectivity index (χ3v) is 9.39. The van der Waals surface area contributed by atoms with Crippen molar-refractivity contribution < 1.29 is 9.53 Å². The zero-order chi connectivity index (χ0) is 23.8. The van der Waals surface area contributed by atoms with Crippen LogP contribution in [0.4, 0.5) is 5.82 Å². The van der Waals surface area contributed by atoms with Gasteiger partial charge >= 0.3 is 0 Å². The number of anilines is 1. The Labute approximate surface area is 209 Å². The molecule has 1 amide bonds. The average molecular weight is 474 g/mol. The summed E-state index contributed by atoms with van der Waals surface area (Å²) in [6.07, 6.45) is 11.6. The number of aromatic nitrogens is 1. The second kappa shape index (κ2) is 9.57. The highest BCUT2D eigenvalue weighted by Gasteiger charge is 2.55. The van der Waals surface area contributed by atoms with E-state index < -0.39 is 0 Å². The Kier molecular flexibility index (Phi) is 6.30. The maximum Gasteiger partial charge on any atom is 0.234 e. The molecule has 5 heteroatoms. The second-order valence-electron chi connectivity index (χ2n) is 11.7. The number of ether oxygens (including phenoxy) is 1. The number of nitrogens with zero attached hydrogens (tertiary/aromatic N) is 3. The highest BCUT2D eigenvalue weighted by atomic mass is 16.5. The van der Waals surface area contributed by atoms with Crippen LogP contribution in [0.25, 0.3) is 0 Å². The zero-order valence-corrected chi connectivity index (χ0v) is 21.1. The van der Waals surface area contributed by atoms with Gasteiger partial charge in [-0.15, -0.1) is 0 Å². The second-order valence-corrected chi connectivity index (χ2v) is 11.7. The number of rotatable bonds is 7. The van der Waals surface area contributed by atoms with E-state index in [0.29, 0.717) is 11.8 Å². The SMILES string of the molecule is COc1ccccc1C1CCCN(CCN(C(=O)C23CC4CC(CC(C4)C2)C3)c2ccccn2)C1. The molecule has 1 unspecified atom stereocenters. The van der Waals surface area contributed by atoms with Crippen molar-refractivity contribution in [1.29, 1.82) is 0 Å². The number of carbonyl (C=O) groups is 1. The molecule has 4 saturated carbocycles. The standard InChI is InChI=1S/C30H39N3O2/c1-35-27-9-3-2-8-26(27)25-7-6-12-32(21-25)13-14-33(28-10-4-5-11-31-28)29(34)30-18-22-15-23(19-30)17-24(16-22)20-30/h2-5,8-11,22-25H,6-7,12-21H2,1H3. The number of pyridine rings is 1. The molecule has 5 aliphatic rings. The van der Waals surface area contributed by atoms with E-state index in [4.69, 9.17) is 4.74 Å². The molecule has 0 spiro atoms. The molecule has 2 heterocycles. The van der Waals surface area contributed by atoms with E-state index in [1.165, 1.54) is 37.7 Å². The predicted octanol–water partition coefficient (Wildman–Crippen LogP) is 5.52. The fraction of sp³-hybridized carbons (Fsp3) is 0.600. The van der Waals surface area contributed by atoms with Crippen molar-refractivity contribution in [2.75, 3.05) is 38.2 Å². The van der Waals surface area contributed by atoms with Gasteiger partial charge in [-0.25, -0.2) is 4.98 Å². The number of hydrogen-bond acceptors (Lipinski definition) is 4. The number of likely N-dealkylation sites (tertiary alicyclic amines) is 1. The van der Waals surface area contributed by atoms with Gasteiger partial charge in [0.1, 0.15) is 11.6 Å². The fourth-order valence-corrected chi connectivity index (χ4v) is 8.25. The number of piperidine rings is 1. The van der Waals surface area contributed by atoms with Gasteiger partial charge in [-0.3, -0.25) is 9.69 Å². The molecule has 5 fully saturated rings. The summed E-state index contributed by atoms with van der Waals surface area (Å²) in [5.41, 5.74) is 1.17. The largest absolute Gasteiger partial charge is 0.496 e. The molecule has 1 aromatic carbocycles. The van der Waals surface area contributed by atoms with E-state index in [2.05, 4.69) is 33.0 Å². The van der Waals surface area contributed by atoms with Gasteiger partial charge in [-0.05, 0) is 99.4 Å². The summed E-state index contributed by atoms with van der Waals surface area (Å²) in [6, 6.07) is 14.4. The Morgan fingerprint density at radius 2 is 1.77 bits per heavy atom. The number of amides is 1. The molecule has 4 bridgehead atoms. The molecule has 7 rings (SSSR count). The molecular weight excluding hydrogens is 434 g/mol. The van der Waals surface area contributed by atoms with Gasteiger partial charge in [0, 0.05) is 31.7 Å². The van der Waals surface area contributed by atoms with E-state index in [1.807, 2.05) is 30.5 Å².